The van der Waals surface area contributed by atoms with Crippen molar-refractivity contribution in [1.29, 1.82) is 0 Å². The summed E-state index contributed by atoms with van der Waals surface area (Å²) >= 11 is 1.93. The third-order valence-electron chi connectivity index (χ3n) is 5.56. The summed E-state index contributed by atoms with van der Waals surface area (Å²) in [6, 6.07) is 3.65. The highest BCUT2D eigenvalue weighted by molar-refractivity contribution is 8.00. The predicted octanol–water partition coefficient (Wildman–Crippen LogP) is 2.66. The second-order valence-electron chi connectivity index (χ2n) is 7.79. The van der Waals surface area contributed by atoms with Gasteiger partial charge in [0.15, 0.2) is 0 Å². The zero-order valence-electron chi connectivity index (χ0n) is 14.4. The summed E-state index contributed by atoms with van der Waals surface area (Å²) in [5.41, 5.74) is 0.913. The number of carbonyl (C=O) groups excluding carboxylic acids is 1. The summed E-state index contributed by atoms with van der Waals surface area (Å²) < 4.78 is 32.4. The third-order valence-corrected chi connectivity index (χ3v) is 6.95. The molecule has 8 heteroatoms. The smallest absolute Gasteiger partial charge is 0.282 e. The van der Waals surface area contributed by atoms with Gasteiger partial charge in [0.1, 0.15) is 11.4 Å². The van der Waals surface area contributed by atoms with E-state index in [1.54, 1.807) is 17.0 Å². The number of ether oxygens (including phenoxy) is 1. The molecule has 1 amide bonds. The van der Waals surface area contributed by atoms with E-state index in [0.717, 1.165) is 31.6 Å². The van der Waals surface area contributed by atoms with E-state index in [1.165, 1.54) is 0 Å². The Morgan fingerprint density at radius 1 is 1.35 bits per heavy atom. The molecule has 26 heavy (non-hydrogen) atoms. The number of rotatable bonds is 5. The van der Waals surface area contributed by atoms with Crippen molar-refractivity contribution < 1.29 is 18.3 Å². The van der Waals surface area contributed by atoms with Crippen LogP contribution in [0.25, 0.3) is 0 Å². The van der Waals surface area contributed by atoms with Crippen molar-refractivity contribution in [2.75, 3.05) is 36.9 Å². The molecule has 2 atom stereocenters. The van der Waals surface area contributed by atoms with Crippen LogP contribution in [0.5, 0.6) is 5.88 Å². The van der Waals surface area contributed by atoms with E-state index < -0.39 is 5.92 Å². The van der Waals surface area contributed by atoms with Crippen LogP contribution in [-0.4, -0.2) is 65.0 Å². The molecule has 4 fully saturated rings. The normalized spacial score (nSPS) is 29.0. The van der Waals surface area contributed by atoms with E-state index in [9.17, 15) is 13.6 Å². The average molecular weight is 381 g/mol. The zero-order chi connectivity index (χ0) is 17.9. The molecule has 0 unspecified atom stereocenters. The number of nitrogens with zero attached hydrogens (tertiary/aromatic N) is 3. The molecular formula is C18H21F2N3O2S. The van der Waals surface area contributed by atoms with E-state index in [-0.39, 0.29) is 19.0 Å². The Hall–Kier alpha value is -1.57. The van der Waals surface area contributed by atoms with Crippen molar-refractivity contribution in [1.82, 2.24) is 9.88 Å². The molecule has 1 aromatic heterocycles. The van der Waals surface area contributed by atoms with E-state index >= 15 is 0 Å². The highest BCUT2D eigenvalue weighted by Crippen LogP contribution is 2.40. The lowest BCUT2D eigenvalue weighted by atomic mass is 10.1. The Labute approximate surface area is 155 Å². The van der Waals surface area contributed by atoms with Crippen molar-refractivity contribution in [2.24, 2.45) is 5.92 Å². The maximum absolute atomic E-state index is 13.3. The monoisotopic (exact) mass is 381 g/mol. The first-order valence-corrected chi connectivity index (χ1v) is 10.2. The number of likely N-dealkylation sites (tertiary alicyclic amines) is 1. The van der Waals surface area contributed by atoms with Crippen LogP contribution < -0.4 is 9.64 Å². The Balaban J connectivity index is 1.37. The fourth-order valence-electron chi connectivity index (χ4n) is 3.86. The van der Waals surface area contributed by atoms with Crippen LogP contribution in [0.4, 0.5) is 14.5 Å². The average Bonchev–Trinajstić information content (AvgIpc) is 3.19. The molecule has 5 rings (SSSR count). The largest absolute Gasteiger partial charge is 0.476 e. The molecule has 1 aromatic rings. The predicted molar refractivity (Wildman–Crippen MR) is 95.3 cm³/mol. The Bertz CT molecular complexity index is 735. The summed E-state index contributed by atoms with van der Waals surface area (Å²) in [5, 5.41) is 0.539. The molecule has 1 aliphatic carbocycles. The second kappa shape index (κ2) is 5.97. The first-order valence-electron chi connectivity index (χ1n) is 9.18. The number of hydrogen-bond acceptors (Lipinski definition) is 5. The number of alkyl halides is 2. The Morgan fingerprint density at radius 2 is 2.15 bits per heavy atom. The van der Waals surface area contributed by atoms with Gasteiger partial charge in [-0.15, -0.1) is 0 Å². The number of pyridine rings is 1. The molecule has 0 spiro atoms. The van der Waals surface area contributed by atoms with Crippen molar-refractivity contribution >= 4 is 23.4 Å². The molecule has 3 aliphatic heterocycles. The lowest BCUT2D eigenvalue weighted by Crippen LogP contribution is -2.56. The summed E-state index contributed by atoms with van der Waals surface area (Å²) in [4.78, 5) is 20.8. The minimum Gasteiger partial charge on any atom is -0.476 e. The van der Waals surface area contributed by atoms with E-state index in [0.29, 0.717) is 41.1 Å². The maximum Gasteiger partial charge on any atom is 0.282 e. The van der Waals surface area contributed by atoms with Crippen molar-refractivity contribution in [3.05, 3.63) is 17.8 Å². The number of halogens is 2. The van der Waals surface area contributed by atoms with Gasteiger partial charge < -0.3 is 14.5 Å². The molecule has 0 N–H and O–H groups in total. The standard InChI is InChI=1S/C18H21F2N3O2S/c19-18(20)9-22(10-18)15-4-3-14(21-16(15)25-7-11-1-2-11)17(24)23-6-13-5-12(23)8-26-13/h3-4,11-13H,1-2,5-10H2/t12-,13+/m0/s1. The molecule has 4 heterocycles. The number of hydrogen-bond donors (Lipinski definition) is 0. The first-order chi connectivity index (χ1) is 12.5. The third kappa shape index (κ3) is 3.02. The van der Waals surface area contributed by atoms with Crippen molar-refractivity contribution in [3.8, 4) is 5.88 Å². The minimum atomic E-state index is -2.66. The molecule has 140 valence electrons. The lowest BCUT2D eigenvalue weighted by molar-refractivity contribution is -0.0265. The number of carbonyl (C=O) groups is 1. The molecule has 2 bridgehead atoms. The minimum absolute atomic E-state index is 0.0745. The molecule has 1 saturated carbocycles. The van der Waals surface area contributed by atoms with Crippen LogP contribution in [-0.2, 0) is 0 Å². The Morgan fingerprint density at radius 3 is 2.77 bits per heavy atom. The molecule has 4 aliphatic rings. The van der Waals surface area contributed by atoms with Crippen LogP contribution in [0.15, 0.2) is 12.1 Å². The second-order valence-corrected chi connectivity index (χ2v) is 9.12. The van der Waals surface area contributed by atoms with Crippen LogP contribution in [0.1, 0.15) is 29.8 Å². The summed E-state index contributed by atoms with van der Waals surface area (Å²) in [6.07, 6.45) is 3.32. The van der Waals surface area contributed by atoms with Gasteiger partial charge in [0.05, 0.1) is 19.7 Å². The fourth-order valence-corrected chi connectivity index (χ4v) is 5.29. The topological polar surface area (TPSA) is 45.7 Å². The highest BCUT2D eigenvalue weighted by Gasteiger charge is 2.45. The van der Waals surface area contributed by atoms with Gasteiger partial charge in [-0.3, -0.25) is 4.79 Å². The molecule has 0 radical (unpaired) electrons. The van der Waals surface area contributed by atoms with Gasteiger partial charge in [0.2, 0.25) is 5.88 Å². The molecular weight excluding hydrogens is 360 g/mol. The van der Waals surface area contributed by atoms with Crippen molar-refractivity contribution in [3.63, 3.8) is 0 Å². The Kier molecular flexibility index (Phi) is 3.81. The summed E-state index contributed by atoms with van der Waals surface area (Å²) in [6.45, 7) is 0.658. The van der Waals surface area contributed by atoms with Crippen LogP contribution in [0, 0.1) is 5.92 Å². The molecule has 3 saturated heterocycles. The van der Waals surface area contributed by atoms with Gasteiger partial charge in [-0.25, -0.2) is 13.8 Å². The number of aromatic nitrogens is 1. The number of amides is 1. The fraction of sp³-hybridized carbons (Fsp3) is 0.667. The number of thioether (sulfide) groups is 1. The van der Waals surface area contributed by atoms with Gasteiger partial charge in [-0.2, -0.15) is 11.8 Å². The van der Waals surface area contributed by atoms with Crippen molar-refractivity contribution in [2.45, 2.75) is 36.5 Å². The number of fused-ring (bicyclic) bond motifs is 2. The van der Waals surface area contributed by atoms with E-state index in [4.69, 9.17) is 4.74 Å². The van der Waals surface area contributed by atoms with Crippen LogP contribution in [0.3, 0.4) is 0 Å². The highest BCUT2D eigenvalue weighted by atomic mass is 32.2. The van der Waals surface area contributed by atoms with E-state index in [1.807, 2.05) is 16.7 Å². The van der Waals surface area contributed by atoms with Crippen LogP contribution in [0.2, 0.25) is 0 Å². The van der Waals surface area contributed by atoms with Gasteiger partial charge in [-0.1, -0.05) is 0 Å². The molecule has 0 aromatic carbocycles. The van der Waals surface area contributed by atoms with Gasteiger partial charge in [0, 0.05) is 23.6 Å². The van der Waals surface area contributed by atoms with Gasteiger partial charge in [0.25, 0.3) is 11.8 Å². The van der Waals surface area contributed by atoms with Gasteiger partial charge >= 0.3 is 0 Å². The quantitative estimate of drug-likeness (QED) is 0.785. The maximum atomic E-state index is 13.3. The number of anilines is 1. The zero-order valence-corrected chi connectivity index (χ0v) is 15.2. The first kappa shape index (κ1) is 16.6. The lowest BCUT2D eigenvalue weighted by Gasteiger charge is -2.40. The summed E-state index contributed by atoms with van der Waals surface area (Å²) in [7, 11) is 0. The molecule has 5 nitrogen and oxygen atoms in total. The van der Waals surface area contributed by atoms with Gasteiger partial charge in [-0.05, 0) is 37.3 Å². The SMILES string of the molecule is O=C(c1ccc(N2CC(F)(F)C2)c(OCC2CC2)n1)N1C[C@H]2C[C@H]1CS2. The van der Waals surface area contributed by atoms with E-state index in [2.05, 4.69) is 4.98 Å². The van der Waals surface area contributed by atoms with Crippen LogP contribution >= 0.6 is 11.8 Å². The summed E-state index contributed by atoms with van der Waals surface area (Å²) in [5.74, 6) is -0.906.